The molecule has 1 aromatic rings. The molecular formula is C12H14BrNO2S. The second kappa shape index (κ2) is 5.40. The number of nitro groups is 1. The van der Waals surface area contributed by atoms with Crippen molar-refractivity contribution >= 4 is 33.4 Å². The summed E-state index contributed by atoms with van der Waals surface area (Å²) in [4.78, 5) is 11.3. The molecule has 1 aliphatic carbocycles. The lowest BCUT2D eigenvalue weighted by Gasteiger charge is -2.40. The highest BCUT2D eigenvalue weighted by molar-refractivity contribution is 9.09. The second-order valence-electron chi connectivity index (χ2n) is 4.53. The number of halogens is 1. The molecule has 17 heavy (non-hydrogen) atoms. The zero-order chi connectivity index (χ0) is 12.3. The van der Waals surface area contributed by atoms with Gasteiger partial charge in [-0.15, -0.1) is 11.8 Å². The molecule has 0 N–H and O–H groups in total. The number of hydrogen-bond donors (Lipinski definition) is 0. The van der Waals surface area contributed by atoms with E-state index in [0.717, 1.165) is 16.0 Å². The Labute approximate surface area is 113 Å². The fourth-order valence-electron chi connectivity index (χ4n) is 1.89. The minimum atomic E-state index is -0.361. The Morgan fingerprint density at radius 2 is 2.00 bits per heavy atom. The van der Waals surface area contributed by atoms with Crippen LogP contribution < -0.4 is 0 Å². The Morgan fingerprint density at radius 3 is 2.41 bits per heavy atom. The number of rotatable bonds is 5. The van der Waals surface area contributed by atoms with Crippen molar-refractivity contribution in [2.75, 3.05) is 11.1 Å². The summed E-state index contributed by atoms with van der Waals surface area (Å²) in [5.41, 5.74) is 0.611. The van der Waals surface area contributed by atoms with Gasteiger partial charge in [0.2, 0.25) is 0 Å². The van der Waals surface area contributed by atoms with E-state index < -0.39 is 0 Å². The first-order valence-corrected chi connectivity index (χ1v) is 7.69. The molecule has 1 aliphatic rings. The lowest BCUT2D eigenvalue weighted by molar-refractivity contribution is -0.384. The summed E-state index contributed by atoms with van der Waals surface area (Å²) in [5.74, 6) is 1.09. The maximum absolute atomic E-state index is 10.5. The number of nitro benzene ring substituents is 1. The molecule has 1 saturated carbocycles. The Morgan fingerprint density at radius 1 is 1.35 bits per heavy atom. The van der Waals surface area contributed by atoms with E-state index in [9.17, 15) is 10.1 Å². The van der Waals surface area contributed by atoms with E-state index in [2.05, 4.69) is 15.9 Å². The quantitative estimate of drug-likeness (QED) is 0.353. The van der Waals surface area contributed by atoms with Crippen LogP contribution in [0.2, 0.25) is 0 Å². The van der Waals surface area contributed by atoms with Crippen LogP contribution in [0.1, 0.15) is 19.3 Å². The largest absolute Gasteiger partial charge is 0.269 e. The predicted molar refractivity (Wildman–Crippen MR) is 73.9 cm³/mol. The molecule has 0 unspecified atom stereocenters. The van der Waals surface area contributed by atoms with Crippen molar-refractivity contribution in [2.24, 2.45) is 5.41 Å². The topological polar surface area (TPSA) is 43.1 Å². The first-order chi connectivity index (χ1) is 8.15. The van der Waals surface area contributed by atoms with Crippen LogP contribution in [0, 0.1) is 15.5 Å². The van der Waals surface area contributed by atoms with E-state index >= 15 is 0 Å². The van der Waals surface area contributed by atoms with Crippen LogP contribution in [-0.2, 0) is 0 Å². The Hall–Kier alpha value is -0.550. The highest BCUT2D eigenvalue weighted by atomic mass is 79.9. The summed E-state index contributed by atoms with van der Waals surface area (Å²) in [6.45, 7) is 0. The average Bonchev–Trinajstić information content (AvgIpc) is 2.29. The van der Waals surface area contributed by atoms with E-state index in [0.29, 0.717) is 5.41 Å². The minimum Gasteiger partial charge on any atom is -0.258 e. The van der Waals surface area contributed by atoms with Crippen molar-refractivity contribution in [1.29, 1.82) is 0 Å². The molecule has 0 heterocycles. The third kappa shape index (κ3) is 3.01. The summed E-state index contributed by atoms with van der Waals surface area (Å²) >= 11 is 5.38. The highest BCUT2D eigenvalue weighted by Gasteiger charge is 2.35. The van der Waals surface area contributed by atoms with E-state index in [4.69, 9.17) is 0 Å². The number of non-ortho nitro benzene ring substituents is 1. The van der Waals surface area contributed by atoms with Gasteiger partial charge in [0.25, 0.3) is 5.69 Å². The molecule has 0 atom stereocenters. The van der Waals surface area contributed by atoms with Crippen LogP contribution >= 0.6 is 27.7 Å². The Balaban J connectivity index is 1.93. The van der Waals surface area contributed by atoms with E-state index in [1.807, 2.05) is 12.1 Å². The van der Waals surface area contributed by atoms with Crippen molar-refractivity contribution in [3.05, 3.63) is 34.4 Å². The number of alkyl halides is 1. The summed E-state index contributed by atoms with van der Waals surface area (Å²) in [6.07, 6.45) is 3.91. The summed E-state index contributed by atoms with van der Waals surface area (Å²) < 4.78 is 0. The summed E-state index contributed by atoms with van der Waals surface area (Å²) in [5, 5.41) is 11.6. The second-order valence-corrected chi connectivity index (χ2v) is 6.14. The minimum absolute atomic E-state index is 0.160. The normalized spacial score (nSPS) is 17.5. The van der Waals surface area contributed by atoms with Gasteiger partial charge in [-0.05, 0) is 30.4 Å². The molecule has 0 aromatic heterocycles. The number of benzene rings is 1. The molecule has 1 fully saturated rings. The number of nitrogens with zero attached hydrogens (tertiary/aromatic N) is 1. The van der Waals surface area contributed by atoms with Crippen molar-refractivity contribution < 1.29 is 4.92 Å². The van der Waals surface area contributed by atoms with Gasteiger partial charge in [-0.2, -0.15) is 0 Å². The van der Waals surface area contributed by atoms with Gasteiger partial charge in [-0.1, -0.05) is 22.4 Å². The van der Waals surface area contributed by atoms with Gasteiger partial charge in [0, 0.05) is 28.1 Å². The molecular weight excluding hydrogens is 302 g/mol. The lowest BCUT2D eigenvalue weighted by atomic mass is 9.72. The SMILES string of the molecule is O=[N+]([O-])c1ccc(SCC2(CBr)CCC2)cc1. The van der Waals surface area contributed by atoms with Crippen molar-refractivity contribution in [3.63, 3.8) is 0 Å². The van der Waals surface area contributed by atoms with Crippen LogP contribution in [0.15, 0.2) is 29.2 Å². The van der Waals surface area contributed by atoms with Gasteiger partial charge in [-0.25, -0.2) is 0 Å². The Kier molecular flexibility index (Phi) is 4.09. The molecule has 3 nitrogen and oxygen atoms in total. The first-order valence-electron chi connectivity index (χ1n) is 5.58. The van der Waals surface area contributed by atoms with Crippen LogP contribution in [0.3, 0.4) is 0 Å². The first kappa shape index (κ1) is 12.9. The van der Waals surface area contributed by atoms with Gasteiger partial charge in [0.05, 0.1) is 4.92 Å². The van der Waals surface area contributed by atoms with Gasteiger partial charge in [0.1, 0.15) is 0 Å². The molecule has 0 bridgehead atoms. The molecule has 0 amide bonds. The summed E-state index contributed by atoms with van der Waals surface area (Å²) in [7, 11) is 0. The van der Waals surface area contributed by atoms with Gasteiger partial charge in [-0.3, -0.25) is 10.1 Å². The maximum atomic E-state index is 10.5. The van der Waals surface area contributed by atoms with Gasteiger partial charge < -0.3 is 0 Å². The zero-order valence-corrected chi connectivity index (χ0v) is 11.8. The summed E-state index contributed by atoms with van der Waals surface area (Å²) in [6, 6.07) is 6.82. The molecule has 1 aromatic carbocycles. The molecule has 0 saturated heterocycles. The fraction of sp³-hybridized carbons (Fsp3) is 0.500. The number of hydrogen-bond acceptors (Lipinski definition) is 3. The standard InChI is InChI=1S/C12H14BrNO2S/c13-8-12(6-1-7-12)9-17-11-4-2-10(3-5-11)14(15)16/h2-5H,1,6-9H2. The zero-order valence-electron chi connectivity index (χ0n) is 9.39. The monoisotopic (exact) mass is 315 g/mol. The molecule has 92 valence electrons. The predicted octanol–water partition coefficient (Wildman–Crippen LogP) is 4.25. The number of thioether (sulfide) groups is 1. The molecule has 2 rings (SSSR count). The van der Waals surface area contributed by atoms with E-state index in [1.54, 1.807) is 23.9 Å². The van der Waals surface area contributed by atoms with Gasteiger partial charge in [0.15, 0.2) is 0 Å². The van der Waals surface area contributed by atoms with Crippen molar-refractivity contribution in [2.45, 2.75) is 24.2 Å². The molecule has 5 heteroatoms. The van der Waals surface area contributed by atoms with E-state index in [1.165, 1.54) is 19.3 Å². The van der Waals surface area contributed by atoms with Crippen LogP contribution in [0.4, 0.5) is 5.69 Å². The Bertz CT molecular complexity index is 398. The van der Waals surface area contributed by atoms with Crippen LogP contribution in [0.5, 0.6) is 0 Å². The highest BCUT2D eigenvalue weighted by Crippen LogP contribution is 2.45. The maximum Gasteiger partial charge on any atom is 0.269 e. The van der Waals surface area contributed by atoms with Crippen molar-refractivity contribution in [1.82, 2.24) is 0 Å². The van der Waals surface area contributed by atoms with Crippen molar-refractivity contribution in [3.8, 4) is 0 Å². The third-order valence-corrected chi connectivity index (χ3v) is 5.84. The van der Waals surface area contributed by atoms with E-state index in [-0.39, 0.29) is 10.6 Å². The lowest BCUT2D eigenvalue weighted by Crippen LogP contribution is -2.33. The van der Waals surface area contributed by atoms with Crippen LogP contribution in [0.25, 0.3) is 0 Å². The molecule has 0 radical (unpaired) electrons. The van der Waals surface area contributed by atoms with Gasteiger partial charge >= 0.3 is 0 Å². The third-order valence-electron chi connectivity index (χ3n) is 3.29. The molecule has 0 spiro atoms. The van der Waals surface area contributed by atoms with Crippen LogP contribution in [-0.4, -0.2) is 16.0 Å². The molecule has 0 aliphatic heterocycles. The average molecular weight is 316 g/mol. The fourth-order valence-corrected chi connectivity index (χ4v) is 4.11. The smallest absolute Gasteiger partial charge is 0.258 e.